The van der Waals surface area contributed by atoms with Crippen molar-refractivity contribution in [1.82, 2.24) is 5.32 Å². The van der Waals surface area contributed by atoms with Crippen LogP contribution in [0.15, 0.2) is 53.5 Å². The fourth-order valence-electron chi connectivity index (χ4n) is 3.14. The smallest absolute Gasteiger partial charge is 0.230 e. The van der Waals surface area contributed by atoms with Gasteiger partial charge in [-0.3, -0.25) is 4.79 Å². The maximum atomic E-state index is 12.5. The first-order valence-corrected chi connectivity index (χ1v) is 11.1. The van der Waals surface area contributed by atoms with Gasteiger partial charge in [0.1, 0.15) is 10.1 Å². The predicted octanol–water partition coefficient (Wildman–Crippen LogP) is 4.93. The van der Waals surface area contributed by atoms with Gasteiger partial charge in [0.15, 0.2) is 0 Å². The van der Waals surface area contributed by atoms with E-state index in [0.717, 1.165) is 27.1 Å². The number of rotatable bonds is 6. The molecule has 6 heteroatoms. The predicted molar refractivity (Wildman–Crippen MR) is 114 cm³/mol. The molecule has 1 amide bonds. The maximum Gasteiger partial charge on any atom is 0.230 e. The first-order valence-electron chi connectivity index (χ1n) is 9.08. The molecule has 0 spiro atoms. The van der Waals surface area contributed by atoms with Crippen LogP contribution in [0.4, 0.5) is 5.69 Å². The highest BCUT2D eigenvalue weighted by atomic mass is 32.2. The van der Waals surface area contributed by atoms with Crippen LogP contribution in [0.5, 0.6) is 5.75 Å². The fraction of sp³-hybridized carbons (Fsp3) is 0.333. The average molecular weight is 399 g/mol. The van der Waals surface area contributed by atoms with Gasteiger partial charge in [-0.05, 0) is 48.1 Å². The van der Waals surface area contributed by atoms with E-state index < -0.39 is 0 Å². The number of hydrogen-bond acceptors (Lipinski definition) is 5. The van der Waals surface area contributed by atoms with Crippen LogP contribution in [0.25, 0.3) is 0 Å². The van der Waals surface area contributed by atoms with Crippen LogP contribution < -0.4 is 10.1 Å². The first kappa shape index (κ1) is 18.4. The number of carbonyl (C=O) groups excluding carboxylic acids is 1. The van der Waals surface area contributed by atoms with E-state index in [-0.39, 0.29) is 11.9 Å². The van der Waals surface area contributed by atoms with Crippen LogP contribution in [0, 0.1) is 5.92 Å². The number of benzene rings is 2. The van der Waals surface area contributed by atoms with E-state index in [4.69, 9.17) is 4.74 Å². The van der Waals surface area contributed by atoms with Gasteiger partial charge in [-0.15, -0.1) is 0 Å². The molecule has 1 N–H and O–H groups in total. The number of thioether (sulfide) groups is 2. The van der Waals surface area contributed by atoms with Gasteiger partial charge in [0, 0.05) is 5.75 Å². The lowest BCUT2D eigenvalue weighted by Gasteiger charge is -2.19. The van der Waals surface area contributed by atoms with Gasteiger partial charge >= 0.3 is 0 Å². The van der Waals surface area contributed by atoms with Gasteiger partial charge < -0.3 is 10.1 Å². The van der Waals surface area contributed by atoms with Gasteiger partial charge in [0.25, 0.3) is 0 Å². The second-order valence-corrected chi connectivity index (χ2v) is 8.93. The summed E-state index contributed by atoms with van der Waals surface area (Å²) < 4.78 is 6.20. The average Bonchev–Trinajstić information content (AvgIpc) is 3.55. The number of carbonyl (C=O) groups is 1. The molecular formula is C21H22N2O2S2. The summed E-state index contributed by atoms with van der Waals surface area (Å²) in [4.78, 5) is 17.2. The molecule has 1 saturated carbocycles. The van der Waals surface area contributed by atoms with Crippen LogP contribution in [-0.4, -0.2) is 23.1 Å². The molecule has 1 fully saturated rings. The second-order valence-electron chi connectivity index (χ2n) is 6.74. The number of methoxy groups -OCH3 is 1. The summed E-state index contributed by atoms with van der Waals surface area (Å²) in [5.41, 5.74) is 3.42. The van der Waals surface area contributed by atoms with Crippen molar-refractivity contribution in [1.29, 1.82) is 0 Å². The molecule has 27 heavy (non-hydrogen) atoms. The van der Waals surface area contributed by atoms with E-state index in [2.05, 4.69) is 16.4 Å². The molecule has 0 aromatic heterocycles. The molecular weight excluding hydrogens is 376 g/mol. The second kappa shape index (κ2) is 8.40. The number of fused-ring (bicyclic) bond motifs is 1. The molecule has 2 aliphatic rings. The molecule has 0 saturated heterocycles. The van der Waals surface area contributed by atoms with Crippen molar-refractivity contribution in [3.05, 3.63) is 59.7 Å². The maximum absolute atomic E-state index is 12.5. The highest BCUT2D eigenvalue weighted by Crippen LogP contribution is 2.41. The minimum absolute atomic E-state index is 0.0647. The highest BCUT2D eigenvalue weighted by Gasteiger charge is 2.33. The monoisotopic (exact) mass is 398 g/mol. The molecule has 0 bridgehead atoms. The summed E-state index contributed by atoms with van der Waals surface area (Å²) in [6.07, 6.45) is 2.34. The van der Waals surface area contributed by atoms with Crippen LogP contribution in [0.3, 0.4) is 0 Å². The Balaban J connectivity index is 1.36. The highest BCUT2D eigenvalue weighted by molar-refractivity contribution is 8.38. The fourth-order valence-corrected chi connectivity index (χ4v) is 5.02. The van der Waals surface area contributed by atoms with E-state index in [9.17, 15) is 4.79 Å². The van der Waals surface area contributed by atoms with Crippen molar-refractivity contribution in [2.45, 2.75) is 24.6 Å². The minimum atomic E-state index is 0.0647. The van der Waals surface area contributed by atoms with Gasteiger partial charge in [-0.25, -0.2) is 4.99 Å². The normalized spacial score (nSPS) is 16.9. The van der Waals surface area contributed by atoms with Crippen molar-refractivity contribution >= 4 is 39.5 Å². The lowest BCUT2D eigenvalue weighted by atomic mass is 10.0. The minimum Gasteiger partial charge on any atom is -0.497 e. The molecule has 1 aliphatic carbocycles. The lowest BCUT2D eigenvalue weighted by molar-refractivity contribution is -0.119. The number of nitrogens with one attached hydrogen (secondary N) is 1. The Labute approximate surface area is 168 Å². The number of aliphatic imine (C=N–C) groups is 1. The number of amides is 1. The van der Waals surface area contributed by atoms with E-state index in [1.54, 1.807) is 18.9 Å². The van der Waals surface area contributed by atoms with Gasteiger partial charge in [-0.2, -0.15) is 0 Å². The third kappa shape index (κ3) is 4.68. The Morgan fingerprint density at radius 3 is 2.78 bits per heavy atom. The van der Waals surface area contributed by atoms with Crippen molar-refractivity contribution in [2.24, 2.45) is 10.9 Å². The summed E-state index contributed by atoms with van der Waals surface area (Å²) in [6, 6.07) is 16.3. The molecule has 1 aliphatic heterocycles. The Morgan fingerprint density at radius 1 is 1.26 bits per heavy atom. The standard InChI is InChI=1S/C21H22N2O2S2/c1-25-17-10-8-15(9-11-17)20(14-6-7-14)23-19(24)13-27-21-22-18-5-3-2-4-16(18)12-26-21/h2-5,8-11,14,20H,6-7,12-13H2,1H3,(H,23,24). The summed E-state index contributed by atoms with van der Waals surface area (Å²) in [5.74, 6) is 2.76. The Morgan fingerprint density at radius 2 is 2.04 bits per heavy atom. The molecule has 140 valence electrons. The van der Waals surface area contributed by atoms with E-state index >= 15 is 0 Å². The first-order chi connectivity index (χ1) is 13.2. The zero-order valence-electron chi connectivity index (χ0n) is 15.2. The van der Waals surface area contributed by atoms with Crippen LogP contribution >= 0.6 is 23.5 Å². The third-order valence-electron chi connectivity index (χ3n) is 4.77. The number of ether oxygens (including phenoxy) is 1. The van der Waals surface area contributed by atoms with E-state index in [0.29, 0.717) is 11.7 Å². The van der Waals surface area contributed by atoms with Crippen molar-refractivity contribution in [3.63, 3.8) is 0 Å². The number of nitrogens with zero attached hydrogens (tertiary/aromatic N) is 1. The van der Waals surface area contributed by atoms with Crippen molar-refractivity contribution in [3.8, 4) is 5.75 Å². The molecule has 2 aromatic rings. The van der Waals surface area contributed by atoms with Crippen LogP contribution in [0.1, 0.15) is 30.0 Å². The molecule has 4 nitrogen and oxygen atoms in total. The van der Waals surface area contributed by atoms with Crippen molar-refractivity contribution < 1.29 is 9.53 Å². The quantitative estimate of drug-likeness (QED) is 0.750. The lowest BCUT2D eigenvalue weighted by Crippen LogP contribution is -2.31. The summed E-state index contributed by atoms with van der Waals surface area (Å²) in [5, 5.41) is 3.23. The molecule has 4 rings (SSSR count). The zero-order valence-corrected chi connectivity index (χ0v) is 16.8. The summed E-state index contributed by atoms with van der Waals surface area (Å²) in [6.45, 7) is 0. The van der Waals surface area contributed by atoms with Gasteiger partial charge in [-0.1, -0.05) is 53.9 Å². The Kier molecular flexibility index (Phi) is 5.74. The largest absolute Gasteiger partial charge is 0.497 e. The SMILES string of the molecule is COc1ccc(C(NC(=O)CSC2=Nc3ccccc3CS2)C2CC2)cc1. The Bertz CT molecular complexity index is 848. The molecule has 1 atom stereocenters. The molecule has 2 aromatic carbocycles. The molecule has 1 unspecified atom stereocenters. The number of hydrogen-bond donors (Lipinski definition) is 1. The van der Waals surface area contributed by atoms with Gasteiger partial charge in [0.2, 0.25) is 5.91 Å². The van der Waals surface area contributed by atoms with E-state index in [1.807, 2.05) is 42.5 Å². The molecule has 1 heterocycles. The van der Waals surface area contributed by atoms with Crippen LogP contribution in [-0.2, 0) is 10.5 Å². The topological polar surface area (TPSA) is 50.7 Å². The number of para-hydroxylation sites is 1. The summed E-state index contributed by atoms with van der Waals surface area (Å²) in [7, 11) is 1.66. The Hall–Kier alpha value is -1.92. The zero-order chi connectivity index (χ0) is 18.6. The molecule has 0 radical (unpaired) electrons. The van der Waals surface area contributed by atoms with Crippen LogP contribution in [0.2, 0.25) is 0 Å². The van der Waals surface area contributed by atoms with Crippen molar-refractivity contribution in [2.75, 3.05) is 12.9 Å². The van der Waals surface area contributed by atoms with Gasteiger partial charge in [0.05, 0.1) is 24.6 Å². The summed E-state index contributed by atoms with van der Waals surface area (Å²) >= 11 is 3.23. The third-order valence-corrected chi connectivity index (χ3v) is 7.01. The van der Waals surface area contributed by atoms with E-state index in [1.165, 1.54) is 30.2 Å².